The molecule has 18 heavy (non-hydrogen) atoms. The lowest BCUT2D eigenvalue weighted by molar-refractivity contribution is 0.0963. The van der Waals surface area contributed by atoms with E-state index >= 15 is 0 Å². The molecule has 0 saturated carbocycles. The summed E-state index contributed by atoms with van der Waals surface area (Å²) in [7, 11) is 1.63. The number of hydrogen-bond donors (Lipinski definition) is 2. The van der Waals surface area contributed by atoms with Crippen molar-refractivity contribution in [2.24, 2.45) is 0 Å². The van der Waals surface area contributed by atoms with E-state index in [1.165, 1.54) is 0 Å². The summed E-state index contributed by atoms with van der Waals surface area (Å²) in [5.74, 6) is -0.0799. The molecular formula is C13H15N3OS. The summed E-state index contributed by atoms with van der Waals surface area (Å²) in [6.07, 6.45) is 0. The zero-order chi connectivity index (χ0) is 13.0. The van der Waals surface area contributed by atoms with Crippen molar-refractivity contribution in [2.75, 3.05) is 12.4 Å². The van der Waals surface area contributed by atoms with Gasteiger partial charge in [-0.3, -0.25) is 4.79 Å². The first kappa shape index (κ1) is 12.6. The Hall–Kier alpha value is -1.88. The van der Waals surface area contributed by atoms with E-state index in [1.807, 2.05) is 30.5 Å². The van der Waals surface area contributed by atoms with Crippen LogP contribution in [0.15, 0.2) is 29.6 Å². The van der Waals surface area contributed by atoms with Gasteiger partial charge in [-0.1, -0.05) is 6.07 Å². The van der Waals surface area contributed by atoms with Crippen LogP contribution in [0.3, 0.4) is 0 Å². The van der Waals surface area contributed by atoms with Gasteiger partial charge in [-0.2, -0.15) is 0 Å². The lowest BCUT2D eigenvalue weighted by atomic mass is 10.2. The average Bonchev–Trinajstić information content (AvgIpc) is 2.81. The van der Waals surface area contributed by atoms with E-state index in [2.05, 4.69) is 15.6 Å². The summed E-state index contributed by atoms with van der Waals surface area (Å²) < 4.78 is 0. The van der Waals surface area contributed by atoms with E-state index < -0.39 is 0 Å². The summed E-state index contributed by atoms with van der Waals surface area (Å²) in [5, 5.41) is 8.94. The predicted molar refractivity (Wildman–Crippen MR) is 74.0 cm³/mol. The second-order valence-electron chi connectivity index (χ2n) is 3.90. The maximum absolute atomic E-state index is 11.5. The summed E-state index contributed by atoms with van der Waals surface area (Å²) >= 11 is 1.63. The molecule has 0 unspecified atom stereocenters. The number of nitrogens with one attached hydrogen (secondary N) is 2. The molecule has 0 saturated heterocycles. The topological polar surface area (TPSA) is 54.0 Å². The number of anilines is 1. The first-order valence-corrected chi connectivity index (χ1v) is 6.54. The van der Waals surface area contributed by atoms with Gasteiger partial charge >= 0.3 is 0 Å². The van der Waals surface area contributed by atoms with Crippen LogP contribution in [0.2, 0.25) is 0 Å². The van der Waals surface area contributed by atoms with Crippen LogP contribution in [0.1, 0.15) is 21.1 Å². The van der Waals surface area contributed by atoms with Crippen LogP contribution >= 0.6 is 11.3 Å². The van der Waals surface area contributed by atoms with E-state index in [9.17, 15) is 4.79 Å². The Bertz CT molecular complexity index is 551. The number of hydrogen-bond acceptors (Lipinski definition) is 4. The van der Waals surface area contributed by atoms with Crippen molar-refractivity contribution in [1.29, 1.82) is 0 Å². The fourth-order valence-electron chi connectivity index (χ4n) is 1.58. The van der Waals surface area contributed by atoms with Crippen LogP contribution in [0.4, 0.5) is 5.69 Å². The fraction of sp³-hybridized carbons (Fsp3) is 0.231. The van der Waals surface area contributed by atoms with Crippen molar-refractivity contribution in [1.82, 2.24) is 10.3 Å². The predicted octanol–water partition coefficient (Wildman–Crippen LogP) is 2.42. The Labute approximate surface area is 110 Å². The van der Waals surface area contributed by atoms with E-state index in [-0.39, 0.29) is 5.91 Å². The first-order valence-electron chi connectivity index (χ1n) is 5.66. The molecule has 1 aromatic heterocycles. The van der Waals surface area contributed by atoms with Crippen LogP contribution in [0.25, 0.3) is 0 Å². The molecule has 0 fully saturated rings. The third kappa shape index (κ3) is 3.07. The van der Waals surface area contributed by atoms with Crippen molar-refractivity contribution in [3.05, 3.63) is 45.9 Å². The minimum absolute atomic E-state index is 0.0799. The second-order valence-corrected chi connectivity index (χ2v) is 4.84. The van der Waals surface area contributed by atoms with Crippen molar-refractivity contribution < 1.29 is 4.79 Å². The molecule has 0 bridgehead atoms. The average molecular weight is 261 g/mol. The van der Waals surface area contributed by atoms with Gasteiger partial charge in [-0.25, -0.2) is 4.98 Å². The smallest absolute Gasteiger partial charge is 0.251 e. The van der Waals surface area contributed by atoms with E-state index in [0.717, 1.165) is 16.4 Å². The van der Waals surface area contributed by atoms with E-state index in [4.69, 9.17) is 0 Å². The van der Waals surface area contributed by atoms with Crippen LogP contribution < -0.4 is 10.6 Å². The number of rotatable bonds is 4. The molecule has 2 N–H and O–H groups in total. The zero-order valence-corrected chi connectivity index (χ0v) is 11.2. The third-order valence-electron chi connectivity index (χ3n) is 2.46. The molecule has 0 aliphatic carbocycles. The molecule has 4 nitrogen and oxygen atoms in total. The largest absolute Gasteiger partial charge is 0.379 e. The highest BCUT2D eigenvalue weighted by Gasteiger charge is 2.04. The summed E-state index contributed by atoms with van der Waals surface area (Å²) in [4.78, 5) is 15.9. The van der Waals surface area contributed by atoms with Crippen molar-refractivity contribution in [3.8, 4) is 0 Å². The molecule has 1 aromatic carbocycles. The van der Waals surface area contributed by atoms with Crippen LogP contribution in [-0.4, -0.2) is 17.9 Å². The van der Waals surface area contributed by atoms with Gasteiger partial charge in [0, 0.05) is 29.4 Å². The number of benzene rings is 1. The molecule has 0 atom stereocenters. The maximum atomic E-state index is 11.5. The van der Waals surface area contributed by atoms with Gasteiger partial charge in [0.1, 0.15) is 5.01 Å². The van der Waals surface area contributed by atoms with Crippen molar-refractivity contribution in [2.45, 2.75) is 13.5 Å². The number of carbonyl (C=O) groups is 1. The maximum Gasteiger partial charge on any atom is 0.251 e. The van der Waals surface area contributed by atoms with Gasteiger partial charge in [0.25, 0.3) is 5.91 Å². The van der Waals surface area contributed by atoms with Crippen LogP contribution in [0.5, 0.6) is 0 Å². The highest BCUT2D eigenvalue weighted by Crippen LogP contribution is 2.14. The lowest BCUT2D eigenvalue weighted by Crippen LogP contribution is -2.17. The molecule has 5 heteroatoms. The monoisotopic (exact) mass is 261 g/mol. The van der Waals surface area contributed by atoms with Crippen LogP contribution in [0, 0.1) is 6.92 Å². The molecule has 94 valence electrons. The lowest BCUT2D eigenvalue weighted by Gasteiger charge is -2.06. The highest BCUT2D eigenvalue weighted by atomic mass is 32.1. The zero-order valence-electron chi connectivity index (χ0n) is 10.4. The number of amides is 1. The number of thiazole rings is 1. The van der Waals surface area contributed by atoms with E-state index in [0.29, 0.717) is 12.1 Å². The normalized spacial score (nSPS) is 10.1. The quantitative estimate of drug-likeness (QED) is 0.888. The standard InChI is InChI=1S/C13H15N3OS/c1-9-8-18-12(16-9)7-15-11-5-3-4-10(6-11)13(17)14-2/h3-6,8,15H,7H2,1-2H3,(H,14,17). The number of nitrogens with zero attached hydrogens (tertiary/aromatic N) is 1. The Kier molecular flexibility index (Phi) is 3.94. The minimum atomic E-state index is -0.0799. The highest BCUT2D eigenvalue weighted by molar-refractivity contribution is 7.09. The Balaban J connectivity index is 2.03. The van der Waals surface area contributed by atoms with Gasteiger partial charge in [0.2, 0.25) is 0 Å². The molecule has 1 amide bonds. The SMILES string of the molecule is CNC(=O)c1cccc(NCc2nc(C)cs2)c1. The van der Waals surface area contributed by atoms with Crippen LogP contribution in [-0.2, 0) is 6.54 Å². The molecule has 0 spiro atoms. The summed E-state index contributed by atoms with van der Waals surface area (Å²) in [6, 6.07) is 7.42. The van der Waals surface area contributed by atoms with Gasteiger partial charge in [0.05, 0.1) is 6.54 Å². The summed E-state index contributed by atoms with van der Waals surface area (Å²) in [5.41, 5.74) is 2.61. The van der Waals surface area contributed by atoms with Crippen molar-refractivity contribution >= 4 is 22.9 Å². The Morgan fingerprint density at radius 3 is 2.94 bits per heavy atom. The third-order valence-corrected chi connectivity index (χ3v) is 3.43. The molecule has 0 aliphatic rings. The number of carbonyl (C=O) groups excluding carboxylic acids is 1. The van der Waals surface area contributed by atoms with E-state index in [1.54, 1.807) is 24.5 Å². The number of aromatic nitrogens is 1. The molecule has 2 aromatic rings. The molecule has 2 rings (SSSR count). The molecule has 0 aliphatic heterocycles. The fourth-order valence-corrected chi connectivity index (χ4v) is 2.29. The second kappa shape index (κ2) is 5.64. The molecule has 1 heterocycles. The minimum Gasteiger partial charge on any atom is -0.379 e. The van der Waals surface area contributed by atoms with Gasteiger partial charge in [-0.05, 0) is 25.1 Å². The Morgan fingerprint density at radius 2 is 2.28 bits per heavy atom. The summed E-state index contributed by atoms with van der Waals surface area (Å²) in [6.45, 7) is 2.65. The number of aryl methyl sites for hydroxylation is 1. The molecule has 0 radical (unpaired) electrons. The van der Waals surface area contributed by atoms with Gasteiger partial charge in [0.15, 0.2) is 0 Å². The first-order chi connectivity index (χ1) is 8.69. The van der Waals surface area contributed by atoms with Gasteiger partial charge in [-0.15, -0.1) is 11.3 Å². The Morgan fingerprint density at radius 1 is 1.44 bits per heavy atom. The van der Waals surface area contributed by atoms with Gasteiger partial charge < -0.3 is 10.6 Å². The van der Waals surface area contributed by atoms with Crippen molar-refractivity contribution in [3.63, 3.8) is 0 Å². The molecular weight excluding hydrogens is 246 g/mol.